The summed E-state index contributed by atoms with van der Waals surface area (Å²) in [5.41, 5.74) is 2.10. The summed E-state index contributed by atoms with van der Waals surface area (Å²) in [5.74, 6) is 0.967. The summed E-state index contributed by atoms with van der Waals surface area (Å²) in [5, 5.41) is 3.37. The predicted octanol–water partition coefficient (Wildman–Crippen LogP) is 4.78. The summed E-state index contributed by atoms with van der Waals surface area (Å²) in [6, 6.07) is 12.2. The van der Waals surface area contributed by atoms with Gasteiger partial charge in [-0.25, -0.2) is 0 Å². The Morgan fingerprint density at radius 2 is 1.86 bits per heavy atom. The van der Waals surface area contributed by atoms with Gasteiger partial charge >= 0.3 is 0 Å². The minimum Gasteiger partial charge on any atom is -0.490 e. The van der Waals surface area contributed by atoms with Gasteiger partial charge in [0.05, 0.1) is 18.3 Å². The van der Waals surface area contributed by atoms with E-state index in [1.807, 2.05) is 30.5 Å². The van der Waals surface area contributed by atoms with E-state index in [1.54, 1.807) is 0 Å². The normalized spacial score (nSPS) is 15.1. The Bertz CT molecular complexity index is 562. The number of hydrogen-bond acceptors (Lipinski definition) is 3. The molecule has 0 saturated heterocycles. The van der Waals surface area contributed by atoms with Crippen LogP contribution < -0.4 is 10.1 Å². The molecule has 3 nitrogen and oxygen atoms in total. The number of nitrogens with zero attached hydrogens (tertiary/aromatic N) is 1. The third-order valence-electron chi connectivity index (χ3n) is 3.72. The minimum absolute atomic E-state index is 0.413. The van der Waals surface area contributed by atoms with E-state index in [0.29, 0.717) is 6.10 Å². The second-order valence-electron chi connectivity index (χ2n) is 5.37. The lowest BCUT2D eigenvalue weighted by Crippen LogP contribution is -2.10. The van der Waals surface area contributed by atoms with Crippen LogP contribution in [0.15, 0.2) is 47.1 Å². The maximum Gasteiger partial charge on any atom is 0.119 e. The maximum absolute atomic E-state index is 5.96. The molecule has 0 spiro atoms. The average Bonchev–Trinajstić information content (AvgIpc) is 3.01. The second kappa shape index (κ2) is 6.94. The molecule has 1 aliphatic carbocycles. The van der Waals surface area contributed by atoms with Gasteiger partial charge in [-0.15, -0.1) is 0 Å². The average molecular weight is 347 g/mol. The highest BCUT2D eigenvalue weighted by atomic mass is 79.9. The van der Waals surface area contributed by atoms with Crippen LogP contribution >= 0.6 is 15.9 Å². The molecular weight excluding hydrogens is 328 g/mol. The molecule has 0 atom stereocenters. The molecule has 0 bridgehead atoms. The molecule has 1 aromatic heterocycles. The number of pyridine rings is 1. The van der Waals surface area contributed by atoms with Crippen LogP contribution in [0.1, 0.15) is 31.4 Å². The number of nitrogens with one attached hydrogen (secondary N) is 1. The first-order valence-corrected chi connectivity index (χ1v) is 8.20. The van der Waals surface area contributed by atoms with Crippen molar-refractivity contribution in [3.63, 3.8) is 0 Å². The fraction of sp³-hybridized carbons (Fsp3) is 0.353. The zero-order chi connectivity index (χ0) is 14.5. The molecule has 0 aliphatic heterocycles. The summed E-state index contributed by atoms with van der Waals surface area (Å²) < 4.78 is 6.96. The quantitative estimate of drug-likeness (QED) is 0.845. The summed E-state index contributed by atoms with van der Waals surface area (Å²) in [6.45, 7) is 0.718. The molecule has 110 valence electrons. The van der Waals surface area contributed by atoms with Crippen molar-refractivity contribution in [1.29, 1.82) is 0 Å². The highest BCUT2D eigenvalue weighted by Crippen LogP contribution is 2.25. The molecule has 1 aliphatic rings. The molecule has 21 heavy (non-hydrogen) atoms. The molecule has 0 amide bonds. The van der Waals surface area contributed by atoms with Crippen LogP contribution in [0, 0.1) is 0 Å². The first kappa shape index (κ1) is 14.4. The van der Waals surface area contributed by atoms with Crippen molar-refractivity contribution in [2.24, 2.45) is 0 Å². The molecule has 0 radical (unpaired) electrons. The lowest BCUT2D eigenvalue weighted by molar-refractivity contribution is 0.210. The van der Waals surface area contributed by atoms with Gasteiger partial charge in [-0.05, 0) is 78.0 Å². The number of aromatic nitrogens is 1. The standard InChI is InChI=1S/C17H19BrN2O/c18-13-5-6-15(19-11-13)12-20-14-7-9-17(10-8-14)21-16-3-1-2-4-16/h5-11,16,20H,1-4,12H2. The lowest BCUT2D eigenvalue weighted by Gasteiger charge is -2.13. The first-order chi connectivity index (χ1) is 10.3. The summed E-state index contributed by atoms with van der Waals surface area (Å²) >= 11 is 3.39. The molecular formula is C17H19BrN2O. The highest BCUT2D eigenvalue weighted by molar-refractivity contribution is 9.10. The van der Waals surface area contributed by atoms with Gasteiger partial charge in [-0.1, -0.05) is 0 Å². The Labute approximate surface area is 133 Å². The zero-order valence-corrected chi connectivity index (χ0v) is 13.5. The van der Waals surface area contributed by atoms with Crippen LogP contribution in [-0.4, -0.2) is 11.1 Å². The van der Waals surface area contributed by atoms with Gasteiger partial charge < -0.3 is 10.1 Å². The van der Waals surface area contributed by atoms with Gasteiger partial charge in [0.1, 0.15) is 5.75 Å². The van der Waals surface area contributed by atoms with Crippen LogP contribution in [0.3, 0.4) is 0 Å². The number of hydrogen-bond donors (Lipinski definition) is 1. The molecule has 1 saturated carbocycles. The molecule has 1 N–H and O–H groups in total. The largest absolute Gasteiger partial charge is 0.490 e. The number of ether oxygens (including phenoxy) is 1. The summed E-state index contributed by atoms with van der Waals surface area (Å²) in [7, 11) is 0. The van der Waals surface area contributed by atoms with Crippen molar-refractivity contribution < 1.29 is 4.74 Å². The Kier molecular flexibility index (Phi) is 4.76. The van der Waals surface area contributed by atoms with Crippen LogP contribution in [0.25, 0.3) is 0 Å². The van der Waals surface area contributed by atoms with Crippen molar-refractivity contribution in [2.45, 2.75) is 38.3 Å². The molecule has 2 aromatic rings. The Morgan fingerprint density at radius 1 is 1.10 bits per heavy atom. The predicted molar refractivity (Wildman–Crippen MR) is 88.6 cm³/mol. The van der Waals surface area contributed by atoms with E-state index in [1.165, 1.54) is 25.7 Å². The molecule has 1 heterocycles. The monoisotopic (exact) mass is 346 g/mol. The summed E-state index contributed by atoms with van der Waals surface area (Å²) in [6.07, 6.45) is 7.20. The smallest absolute Gasteiger partial charge is 0.119 e. The number of rotatable bonds is 5. The van der Waals surface area contributed by atoms with Crippen LogP contribution in [-0.2, 0) is 6.54 Å². The molecule has 4 heteroatoms. The van der Waals surface area contributed by atoms with E-state index in [9.17, 15) is 0 Å². The van der Waals surface area contributed by atoms with Gasteiger partial charge in [-0.2, -0.15) is 0 Å². The Hall–Kier alpha value is -1.55. The van der Waals surface area contributed by atoms with E-state index < -0.39 is 0 Å². The van der Waals surface area contributed by atoms with E-state index >= 15 is 0 Å². The first-order valence-electron chi connectivity index (χ1n) is 7.40. The fourth-order valence-corrected chi connectivity index (χ4v) is 2.79. The van der Waals surface area contributed by atoms with Crippen molar-refractivity contribution >= 4 is 21.6 Å². The van der Waals surface area contributed by atoms with Gasteiger partial charge in [0.2, 0.25) is 0 Å². The van der Waals surface area contributed by atoms with E-state index in [-0.39, 0.29) is 0 Å². The lowest BCUT2D eigenvalue weighted by atomic mass is 10.2. The Balaban J connectivity index is 1.52. The minimum atomic E-state index is 0.413. The van der Waals surface area contributed by atoms with E-state index in [0.717, 1.165) is 28.1 Å². The third kappa shape index (κ3) is 4.21. The number of anilines is 1. The van der Waals surface area contributed by atoms with Crippen molar-refractivity contribution in [3.8, 4) is 5.75 Å². The van der Waals surface area contributed by atoms with Gasteiger partial charge in [0, 0.05) is 16.4 Å². The van der Waals surface area contributed by atoms with E-state index in [2.05, 4.69) is 38.4 Å². The van der Waals surface area contributed by atoms with E-state index in [4.69, 9.17) is 4.74 Å². The van der Waals surface area contributed by atoms with Crippen molar-refractivity contribution in [3.05, 3.63) is 52.8 Å². The molecule has 1 aromatic carbocycles. The maximum atomic E-state index is 5.96. The number of benzene rings is 1. The molecule has 3 rings (SSSR count). The van der Waals surface area contributed by atoms with Crippen molar-refractivity contribution in [2.75, 3.05) is 5.32 Å². The van der Waals surface area contributed by atoms with Crippen LogP contribution in [0.5, 0.6) is 5.75 Å². The SMILES string of the molecule is Brc1ccc(CNc2ccc(OC3CCCC3)cc2)nc1. The molecule has 0 unspecified atom stereocenters. The number of halogens is 1. The Morgan fingerprint density at radius 3 is 2.52 bits per heavy atom. The topological polar surface area (TPSA) is 34.1 Å². The van der Waals surface area contributed by atoms with Crippen molar-refractivity contribution in [1.82, 2.24) is 4.98 Å². The zero-order valence-electron chi connectivity index (χ0n) is 11.9. The fourth-order valence-electron chi connectivity index (χ4n) is 2.55. The second-order valence-corrected chi connectivity index (χ2v) is 6.29. The van der Waals surface area contributed by atoms with Gasteiger partial charge in [-0.3, -0.25) is 4.98 Å². The van der Waals surface area contributed by atoms with Crippen LogP contribution in [0.2, 0.25) is 0 Å². The highest BCUT2D eigenvalue weighted by Gasteiger charge is 2.16. The molecule has 1 fully saturated rings. The summed E-state index contributed by atoms with van der Waals surface area (Å²) in [4.78, 5) is 4.35. The third-order valence-corrected chi connectivity index (χ3v) is 4.19. The van der Waals surface area contributed by atoms with Gasteiger partial charge in [0.15, 0.2) is 0 Å². The van der Waals surface area contributed by atoms with Gasteiger partial charge in [0.25, 0.3) is 0 Å². The van der Waals surface area contributed by atoms with Crippen LogP contribution in [0.4, 0.5) is 5.69 Å².